The molecule has 11 heteroatoms. The molecule has 1 unspecified atom stereocenters. The molecule has 36 heavy (non-hydrogen) atoms. The maximum absolute atomic E-state index is 15.0. The predicted molar refractivity (Wildman–Crippen MR) is 129 cm³/mol. The van der Waals surface area contributed by atoms with E-state index in [1.165, 1.54) is 17.9 Å². The van der Waals surface area contributed by atoms with E-state index in [0.29, 0.717) is 42.0 Å². The molecule has 1 fully saturated rings. The number of aromatic nitrogens is 3. The second kappa shape index (κ2) is 11.0. The van der Waals surface area contributed by atoms with E-state index in [4.69, 9.17) is 4.74 Å². The first-order valence-corrected chi connectivity index (χ1v) is 11.6. The van der Waals surface area contributed by atoms with Crippen molar-refractivity contribution in [1.29, 1.82) is 0 Å². The van der Waals surface area contributed by atoms with Gasteiger partial charge in [-0.3, -0.25) is 14.5 Å². The Morgan fingerprint density at radius 3 is 2.64 bits per heavy atom. The maximum atomic E-state index is 15.0. The Bertz CT molecular complexity index is 1260. The van der Waals surface area contributed by atoms with Crippen molar-refractivity contribution < 1.29 is 23.5 Å². The highest BCUT2D eigenvalue weighted by molar-refractivity contribution is 5.90. The molecule has 2 heterocycles. The van der Waals surface area contributed by atoms with Gasteiger partial charge in [-0.05, 0) is 29.3 Å². The van der Waals surface area contributed by atoms with E-state index in [1.54, 1.807) is 29.9 Å². The van der Waals surface area contributed by atoms with Crippen LogP contribution in [0.15, 0.2) is 48.7 Å². The zero-order chi connectivity index (χ0) is 25.7. The summed E-state index contributed by atoms with van der Waals surface area (Å²) in [6.45, 7) is 4.40. The Morgan fingerprint density at radius 2 is 1.94 bits per heavy atom. The molecule has 0 saturated carbocycles. The predicted octanol–water partition coefficient (Wildman–Crippen LogP) is 2.62. The number of carbonyl (C=O) groups is 3. The highest BCUT2D eigenvalue weighted by Gasteiger charge is 2.32. The van der Waals surface area contributed by atoms with Gasteiger partial charge in [0, 0.05) is 18.9 Å². The van der Waals surface area contributed by atoms with Gasteiger partial charge in [-0.1, -0.05) is 36.4 Å². The van der Waals surface area contributed by atoms with Gasteiger partial charge < -0.3 is 15.4 Å². The van der Waals surface area contributed by atoms with Gasteiger partial charge in [0.2, 0.25) is 11.8 Å². The van der Waals surface area contributed by atoms with Crippen LogP contribution in [0.5, 0.6) is 0 Å². The van der Waals surface area contributed by atoms with Crippen molar-refractivity contribution in [2.24, 2.45) is 0 Å². The minimum atomic E-state index is -0.578. The van der Waals surface area contributed by atoms with Crippen LogP contribution in [-0.4, -0.2) is 52.1 Å². The first-order chi connectivity index (χ1) is 17.3. The van der Waals surface area contributed by atoms with E-state index in [-0.39, 0.29) is 24.9 Å². The van der Waals surface area contributed by atoms with Gasteiger partial charge in [0.15, 0.2) is 0 Å². The van der Waals surface area contributed by atoms with Crippen LogP contribution in [0.3, 0.4) is 0 Å². The highest BCUT2D eigenvalue weighted by atomic mass is 19.1. The van der Waals surface area contributed by atoms with Crippen LogP contribution in [0.1, 0.15) is 31.5 Å². The van der Waals surface area contributed by atoms with Gasteiger partial charge in [-0.25, -0.2) is 13.9 Å². The number of carbonyl (C=O) groups excluding carboxylic acids is 3. The molecule has 3 aromatic rings. The van der Waals surface area contributed by atoms with Crippen LogP contribution in [-0.2, 0) is 27.4 Å². The molecular weight excluding hydrogens is 467 g/mol. The largest absolute Gasteiger partial charge is 0.442 e. The third-order valence-corrected chi connectivity index (χ3v) is 5.70. The van der Waals surface area contributed by atoms with Gasteiger partial charge in [0.05, 0.1) is 38.1 Å². The van der Waals surface area contributed by atoms with Crippen molar-refractivity contribution in [2.75, 3.05) is 18.0 Å². The van der Waals surface area contributed by atoms with Gasteiger partial charge in [-0.2, -0.15) is 0 Å². The van der Waals surface area contributed by atoms with Gasteiger partial charge >= 0.3 is 6.09 Å². The lowest BCUT2D eigenvalue weighted by molar-refractivity contribution is -0.121. The van der Waals surface area contributed by atoms with Crippen LogP contribution >= 0.6 is 0 Å². The molecule has 1 aliphatic rings. The van der Waals surface area contributed by atoms with Crippen molar-refractivity contribution in [3.8, 4) is 11.1 Å². The molecule has 1 aromatic heterocycles. The lowest BCUT2D eigenvalue weighted by Crippen LogP contribution is -2.33. The first-order valence-electron chi connectivity index (χ1n) is 11.6. The fourth-order valence-electron chi connectivity index (χ4n) is 3.79. The summed E-state index contributed by atoms with van der Waals surface area (Å²) in [5.41, 5.74) is 3.10. The van der Waals surface area contributed by atoms with Crippen molar-refractivity contribution in [2.45, 2.75) is 39.5 Å². The molecule has 188 valence electrons. The van der Waals surface area contributed by atoms with E-state index in [2.05, 4.69) is 20.9 Å². The lowest BCUT2D eigenvalue weighted by atomic mass is 10.0. The third kappa shape index (κ3) is 6.04. The number of hydrogen-bond acceptors (Lipinski definition) is 6. The van der Waals surface area contributed by atoms with Crippen molar-refractivity contribution in [3.63, 3.8) is 0 Å². The maximum Gasteiger partial charge on any atom is 0.414 e. The Hall–Kier alpha value is -4.28. The first kappa shape index (κ1) is 24.8. The summed E-state index contributed by atoms with van der Waals surface area (Å²) >= 11 is 0. The molecule has 1 aliphatic heterocycles. The molecule has 2 N–H and O–H groups in total. The molecule has 0 aliphatic carbocycles. The molecule has 1 saturated heterocycles. The van der Waals surface area contributed by atoms with E-state index in [0.717, 1.165) is 5.56 Å². The van der Waals surface area contributed by atoms with E-state index in [1.807, 2.05) is 24.3 Å². The summed E-state index contributed by atoms with van der Waals surface area (Å²) in [7, 11) is 0. The molecule has 0 bridgehead atoms. The minimum Gasteiger partial charge on any atom is -0.442 e. The van der Waals surface area contributed by atoms with E-state index >= 15 is 0 Å². The number of hydrogen-bond donors (Lipinski definition) is 2. The second-order valence-corrected chi connectivity index (χ2v) is 8.45. The Kier molecular flexibility index (Phi) is 7.57. The fraction of sp³-hybridized carbons (Fsp3) is 0.320. The summed E-state index contributed by atoms with van der Waals surface area (Å²) in [6.07, 6.45) is 1.11. The quantitative estimate of drug-likeness (QED) is 0.472. The average molecular weight is 495 g/mol. The normalized spacial score (nSPS) is 15.0. The van der Waals surface area contributed by atoms with Crippen molar-refractivity contribution in [3.05, 3.63) is 65.7 Å². The Balaban J connectivity index is 1.39. The molecule has 3 amide bonds. The van der Waals surface area contributed by atoms with Crippen molar-refractivity contribution >= 4 is 23.6 Å². The molecule has 10 nitrogen and oxygen atoms in total. The third-order valence-electron chi connectivity index (χ3n) is 5.70. The zero-order valence-electron chi connectivity index (χ0n) is 20.0. The number of halogens is 1. The molecule has 2 aromatic carbocycles. The van der Waals surface area contributed by atoms with E-state index < -0.39 is 18.0 Å². The molecule has 4 rings (SSSR count). The van der Waals surface area contributed by atoms with Gasteiger partial charge in [0.25, 0.3) is 0 Å². The number of anilines is 1. The van der Waals surface area contributed by atoms with Gasteiger partial charge in [-0.15, -0.1) is 5.10 Å². The van der Waals surface area contributed by atoms with Crippen molar-refractivity contribution in [1.82, 2.24) is 25.6 Å². The van der Waals surface area contributed by atoms with Gasteiger partial charge in [0.1, 0.15) is 17.6 Å². The molecule has 0 spiro atoms. The van der Waals surface area contributed by atoms with Crippen LogP contribution in [0, 0.1) is 5.82 Å². The SMILES string of the molecule is CCC(=O)NCc1cn(Cc2ccc(-c3ccc(N4CC(CNC(C)=O)OC4=O)cc3F)cc2)nn1. The number of nitrogens with one attached hydrogen (secondary N) is 2. The minimum absolute atomic E-state index is 0.0491. The summed E-state index contributed by atoms with van der Waals surface area (Å²) in [4.78, 5) is 36.0. The number of ether oxygens (including phenoxy) is 1. The zero-order valence-corrected chi connectivity index (χ0v) is 20.0. The number of amides is 3. The topological polar surface area (TPSA) is 118 Å². The Labute approximate surface area is 207 Å². The lowest BCUT2D eigenvalue weighted by Gasteiger charge is -2.14. The average Bonchev–Trinajstić information content (AvgIpc) is 3.47. The van der Waals surface area contributed by atoms with Crippen LogP contribution in [0.25, 0.3) is 11.1 Å². The summed E-state index contributed by atoms with van der Waals surface area (Å²) in [5.74, 6) is -0.727. The molecule has 1 atom stereocenters. The summed E-state index contributed by atoms with van der Waals surface area (Å²) in [5, 5.41) is 13.5. The van der Waals surface area contributed by atoms with E-state index in [9.17, 15) is 18.8 Å². The number of nitrogens with zero attached hydrogens (tertiary/aromatic N) is 4. The Morgan fingerprint density at radius 1 is 1.17 bits per heavy atom. The summed E-state index contributed by atoms with van der Waals surface area (Å²) < 4.78 is 21.9. The molecular formula is C25H27FN6O4. The summed E-state index contributed by atoms with van der Waals surface area (Å²) in [6, 6.07) is 12.0. The number of benzene rings is 2. The second-order valence-electron chi connectivity index (χ2n) is 8.45. The molecule has 0 radical (unpaired) electrons. The smallest absolute Gasteiger partial charge is 0.414 e. The van der Waals surface area contributed by atoms with Crippen LogP contribution in [0.2, 0.25) is 0 Å². The number of rotatable bonds is 9. The van der Waals surface area contributed by atoms with Crippen LogP contribution in [0.4, 0.5) is 14.9 Å². The highest BCUT2D eigenvalue weighted by Crippen LogP contribution is 2.29. The van der Waals surface area contributed by atoms with Crippen LogP contribution < -0.4 is 15.5 Å². The number of cyclic esters (lactones) is 1. The fourth-order valence-corrected chi connectivity index (χ4v) is 3.79. The standard InChI is InChI=1S/C25H27FN6O4/c1-3-24(34)28-11-19-14-31(30-29-19)13-17-4-6-18(7-5-17)22-9-8-20(10-23(22)26)32-15-21(36-25(32)35)12-27-16(2)33/h4-10,14,21H,3,11-13,15H2,1-2H3,(H,27,33)(H,28,34). The monoisotopic (exact) mass is 494 g/mol.